The van der Waals surface area contributed by atoms with Crippen molar-refractivity contribution >= 4 is 11.8 Å². The van der Waals surface area contributed by atoms with Crippen molar-refractivity contribution in [2.24, 2.45) is 40.4 Å². The van der Waals surface area contributed by atoms with Crippen molar-refractivity contribution in [3.05, 3.63) is 0 Å². The third kappa shape index (κ3) is 1.85. The van der Waals surface area contributed by atoms with E-state index in [4.69, 9.17) is 4.74 Å². The molecule has 0 aromatic rings. The predicted octanol–water partition coefficient (Wildman–Crippen LogP) is 4.14. The van der Waals surface area contributed by atoms with E-state index in [-0.39, 0.29) is 17.5 Å². The number of ketones is 1. The van der Waals surface area contributed by atoms with Gasteiger partial charge in [-0.15, -0.1) is 0 Å². The number of rotatable bonds is 0. The van der Waals surface area contributed by atoms with Crippen molar-refractivity contribution in [2.45, 2.75) is 77.7 Å². The number of ether oxygens (including phenoxy) is 1. The molecule has 5 aliphatic rings. The van der Waals surface area contributed by atoms with Crippen LogP contribution >= 0.6 is 0 Å². The number of hydrogen-bond acceptors (Lipinski definition) is 3. The Morgan fingerprint density at radius 1 is 1.04 bits per heavy atom. The van der Waals surface area contributed by atoms with E-state index < -0.39 is 0 Å². The molecule has 3 heteroatoms. The molecule has 0 aromatic heterocycles. The summed E-state index contributed by atoms with van der Waals surface area (Å²) in [5, 5.41) is 0. The Kier molecular flexibility index (Phi) is 3.12. The minimum Gasteiger partial charge on any atom is -0.462 e. The highest BCUT2D eigenvalue weighted by molar-refractivity contribution is 5.87. The predicted molar refractivity (Wildman–Crippen MR) is 90.1 cm³/mol. The van der Waals surface area contributed by atoms with Crippen LogP contribution in [-0.4, -0.2) is 17.9 Å². The quantitative estimate of drug-likeness (QED) is 0.627. The topological polar surface area (TPSA) is 43.4 Å². The zero-order valence-corrected chi connectivity index (χ0v) is 15.1. The lowest BCUT2D eigenvalue weighted by atomic mass is 9.44. The molecular weight excluding hydrogens is 300 g/mol. The van der Waals surface area contributed by atoms with Gasteiger partial charge in [0.25, 0.3) is 0 Å². The molecule has 24 heavy (non-hydrogen) atoms. The summed E-state index contributed by atoms with van der Waals surface area (Å²) in [4.78, 5) is 24.3. The van der Waals surface area contributed by atoms with Gasteiger partial charge in [0, 0.05) is 17.8 Å². The molecule has 5 rings (SSSR count). The Balaban J connectivity index is 1.45. The average Bonchev–Trinajstić information content (AvgIpc) is 3.03. The summed E-state index contributed by atoms with van der Waals surface area (Å²) >= 11 is 0. The summed E-state index contributed by atoms with van der Waals surface area (Å²) in [6.07, 6.45) is 9.96. The lowest BCUT2D eigenvalue weighted by Gasteiger charge is -2.60. The van der Waals surface area contributed by atoms with Gasteiger partial charge in [0.05, 0.1) is 6.42 Å². The van der Waals surface area contributed by atoms with Crippen LogP contribution in [0.5, 0.6) is 0 Å². The Bertz CT molecular complexity index is 598. The first-order valence-electron chi connectivity index (χ1n) is 10.1. The summed E-state index contributed by atoms with van der Waals surface area (Å²) in [5.74, 6) is 3.87. The van der Waals surface area contributed by atoms with Crippen molar-refractivity contribution in [2.75, 3.05) is 0 Å². The van der Waals surface area contributed by atoms with Gasteiger partial charge in [-0.3, -0.25) is 9.59 Å². The highest BCUT2D eigenvalue weighted by Crippen LogP contribution is 2.66. The second-order valence-corrected chi connectivity index (χ2v) is 10.0. The number of Topliss-reactive ketones (excluding diaryl/α,β-unsaturated/α-hetero) is 1. The molecular formula is C21H30O3. The molecule has 0 N–H and O–H groups in total. The second kappa shape index (κ2) is 4.86. The van der Waals surface area contributed by atoms with Crippen LogP contribution in [0.1, 0.15) is 71.6 Å². The van der Waals surface area contributed by atoms with Crippen LogP contribution in [0, 0.1) is 40.4 Å². The molecule has 0 aromatic carbocycles. The van der Waals surface area contributed by atoms with Gasteiger partial charge in [-0.25, -0.2) is 0 Å². The van der Waals surface area contributed by atoms with Gasteiger partial charge >= 0.3 is 5.97 Å². The van der Waals surface area contributed by atoms with Gasteiger partial charge in [-0.05, 0) is 74.0 Å². The Morgan fingerprint density at radius 2 is 1.88 bits per heavy atom. The first-order chi connectivity index (χ1) is 11.4. The maximum Gasteiger partial charge on any atom is 0.306 e. The molecule has 1 heterocycles. The monoisotopic (exact) mass is 330 g/mol. The van der Waals surface area contributed by atoms with E-state index in [1.54, 1.807) is 0 Å². The standard InChI is InChI=1S/C21H30O3/c1-20-8-7-16-14(15(20)5-6-18(20)22)4-3-13-10-17-12(9-19(23)24-17)11-21(13,16)2/h12-17H,3-11H2,1-2H3. The fraction of sp³-hybridized carbons (Fsp3) is 0.905. The average molecular weight is 330 g/mol. The largest absolute Gasteiger partial charge is 0.462 e. The molecule has 4 saturated carbocycles. The van der Waals surface area contributed by atoms with Crippen LogP contribution in [0.4, 0.5) is 0 Å². The highest BCUT2D eigenvalue weighted by Gasteiger charge is 2.62. The van der Waals surface area contributed by atoms with Gasteiger partial charge in [0.1, 0.15) is 11.9 Å². The SMILES string of the molecule is CC12CCC3C(CCC4CC5OC(=O)CC5CC43C)C1CCC2=O. The van der Waals surface area contributed by atoms with Crippen LogP contribution in [0.25, 0.3) is 0 Å². The number of fused-ring (bicyclic) bond motifs is 6. The number of esters is 1. The van der Waals surface area contributed by atoms with E-state index in [9.17, 15) is 9.59 Å². The maximum atomic E-state index is 12.5. The molecule has 3 nitrogen and oxygen atoms in total. The van der Waals surface area contributed by atoms with Crippen molar-refractivity contribution in [1.82, 2.24) is 0 Å². The highest BCUT2D eigenvalue weighted by atomic mass is 16.5. The first kappa shape index (κ1) is 15.4. The Hall–Kier alpha value is -0.860. The fourth-order valence-electron chi connectivity index (χ4n) is 7.96. The molecule has 0 spiro atoms. The summed E-state index contributed by atoms with van der Waals surface area (Å²) in [7, 11) is 0. The second-order valence-electron chi connectivity index (χ2n) is 10.0. The third-order valence-electron chi connectivity index (χ3n) is 9.23. The smallest absolute Gasteiger partial charge is 0.306 e. The molecule has 132 valence electrons. The van der Waals surface area contributed by atoms with Gasteiger partial charge in [-0.1, -0.05) is 13.8 Å². The normalized spacial score (nSPS) is 56.1. The molecule has 0 amide bonds. The third-order valence-corrected chi connectivity index (χ3v) is 9.23. The lowest BCUT2D eigenvalue weighted by molar-refractivity contribution is -0.152. The van der Waals surface area contributed by atoms with E-state index >= 15 is 0 Å². The van der Waals surface area contributed by atoms with Crippen molar-refractivity contribution in [3.63, 3.8) is 0 Å². The van der Waals surface area contributed by atoms with Crippen LogP contribution in [0.2, 0.25) is 0 Å². The molecule has 8 unspecified atom stereocenters. The summed E-state index contributed by atoms with van der Waals surface area (Å²) in [6, 6.07) is 0. The molecule has 5 fully saturated rings. The summed E-state index contributed by atoms with van der Waals surface area (Å²) in [6.45, 7) is 4.78. The van der Waals surface area contributed by atoms with Crippen LogP contribution in [-0.2, 0) is 14.3 Å². The minimum atomic E-state index is -0.0198. The number of carbonyl (C=O) groups excluding carboxylic acids is 2. The zero-order chi connectivity index (χ0) is 16.7. The van der Waals surface area contributed by atoms with E-state index in [0.29, 0.717) is 35.4 Å². The van der Waals surface area contributed by atoms with Crippen molar-refractivity contribution in [3.8, 4) is 0 Å². The molecule has 1 saturated heterocycles. The van der Waals surface area contributed by atoms with E-state index in [1.165, 1.54) is 25.7 Å². The van der Waals surface area contributed by atoms with E-state index in [2.05, 4.69) is 13.8 Å². The molecule has 8 atom stereocenters. The number of hydrogen-bond donors (Lipinski definition) is 0. The Labute approximate surface area is 144 Å². The van der Waals surface area contributed by atoms with Gasteiger partial charge < -0.3 is 4.74 Å². The van der Waals surface area contributed by atoms with Crippen molar-refractivity contribution in [1.29, 1.82) is 0 Å². The summed E-state index contributed by atoms with van der Waals surface area (Å²) < 4.78 is 5.61. The van der Waals surface area contributed by atoms with Crippen LogP contribution in [0.15, 0.2) is 0 Å². The van der Waals surface area contributed by atoms with Crippen LogP contribution < -0.4 is 0 Å². The van der Waals surface area contributed by atoms with Gasteiger partial charge in [-0.2, -0.15) is 0 Å². The van der Waals surface area contributed by atoms with E-state index in [0.717, 1.165) is 37.5 Å². The van der Waals surface area contributed by atoms with Crippen molar-refractivity contribution < 1.29 is 14.3 Å². The number of carbonyl (C=O) groups is 2. The molecule has 0 radical (unpaired) electrons. The van der Waals surface area contributed by atoms with Gasteiger partial charge in [0.2, 0.25) is 0 Å². The first-order valence-corrected chi connectivity index (χ1v) is 10.1. The lowest BCUT2D eigenvalue weighted by Crippen LogP contribution is -2.55. The van der Waals surface area contributed by atoms with Crippen LogP contribution in [0.3, 0.4) is 0 Å². The molecule has 4 aliphatic carbocycles. The molecule has 1 aliphatic heterocycles. The zero-order valence-electron chi connectivity index (χ0n) is 15.1. The van der Waals surface area contributed by atoms with E-state index in [1.807, 2.05) is 0 Å². The minimum absolute atomic E-state index is 0.0198. The maximum absolute atomic E-state index is 12.5. The van der Waals surface area contributed by atoms with Gasteiger partial charge in [0.15, 0.2) is 0 Å². The fourth-order valence-corrected chi connectivity index (χ4v) is 7.96. The Morgan fingerprint density at radius 3 is 2.71 bits per heavy atom. The molecule has 0 bridgehead atoms. The summed E-state index contributed by atoms with van der Waals surface area (Å²) in [5.41, 5.74) is 0.346.